The highest BCUT2D eigenvalue weighted by Gasteiger charge is 2.25. The molecule has 0 radical (unpaired) electrons. The molecule has 150 valence electrons. The highest BCUT2D eigenvalue weighted by Crippen LogP contribution is 2.33. The molecule has 0 aliphatic rings. The molecule has 27 heavy (non-hydrogen) atoms. The van der Waals surface area contributed by atoms with Crippen molar-refractivity contribution in [3.8, 4) is 0 Å². The number of thioether (sulfide) groups is 1. The summed E-state index contributed by atoms with van der Waals surface area (Å²) in [7, 11) is 1.17. The number of carboxylic acid groups (broad SMARTS) is 1. The van der Waals surface area contributed by atoms with Gasteiger partial charge in [-0.15, -0.1) is 11.8 Å². The van der Waals surface area contributed by atoms with Crippen LogP contribution in [0.2, 0.25) is 5.02 Å². The van der Waals surface area contributed by atoms with Crippen LogP contribution in [0.15, 0.2) is 17.0 Å². The maximum atomic E-state index is 11.8. The van der Waals surface area contributed by atoms with Gasteiger partial charge >= 0.3 is 18.0 Å². The van der Waals surface area contributed by atoms with Crippen LogP contribution in [0.5, 0.6) is 0 Å². The molecule has 0 bridgehead atoms. The third-order valence-electron chi connectivity index (χ3n) is 2.98. The number of hydrogen-bond donors (Lipinski definition) is 3. The van der Waals surface area contributed by atoms with Crippen LogP contribution in [-0.2, 0) is 14.3 Å². The molecule has 1 aromatic rings. The molecule has 0 saturated carbocycles. The number of carbonyl (C=O) groups excluding carboxylic acids is 2. The number of esters is 1. The Morgan fingerprint density at radius 3 is 2.44 bits per heavy atom. The molecule has 1 aromatic carbocycles. The maximum Gasteiger partial charge on any atom is 0.408 e. The molecule has 0 spiro atoms. The van der Waals surface area contributed by atoms with E-state index in [2.05, 4.69) is 10.1 Å². The molecule has 3 N–H and O–H groups in total. The van der Waals surface area contributed by atoms with E-state index in [0.29, 0.717) is 4.90 Å². The average molecular weight is 420 g/mol. The minimum atomic E-state index is -1.28. The van der Waals surface area contributed by atoms with E-state index in [1.54, 1.807) is 26.3 Å². The van der Waals surface area contributed by atoms with Gasteiger partial charge in [-0.2, -0.15) is 0 Å². The summed E-state index contributed by atoms with van der Waals surface area (Å²) in [5.41, 5.74) is 0.899. The second-order valence-corrected chi connectivity index (χ2v) is 7.74. The molecule has 0 saturated heterocycles. The van der Waals surface area contributed by atoms with E-state index < -0.39 is 29.7 Å². The number of anilines is 1. The predicted molar refractivity (Wildman–Crippen MR) is 101 cm³/mol. The standard InChI is InChI=1S/C16H20ClN2O7S/c1-16(2,3)26-15(23)18-11(13(20)21)7-27-12-6-9(17)8(14(22)25-4)5-10(12)19-24/h5-6,11,19H,7H2,1-4H3,(H,18,23)(H,20,21)/q-1/t11-/m0/s1. The van der Waals surface area contributed by atoms with Crippen LogP contribution in [0, 0.1) is 5.21 Å². The van der Waals surface area contributed by atoms with Crippen molar-refractivity contribution >= 4 is 47.1 Å². The lowest BCUT2D eigenvalue weighted by Crippen LogP contribution is -2.44. The first-order valence-corrected chi connectivity index (χ1v) is 9.00. The van der Waals surface area contributed by atoms with E-state index in [-0.39, 0.29) is 22.0 Å². The molecule has 1 rings (SSSR count). The number of carboxylic acids is 1. The third kappa shape index (κ3) is 7.16. The first kappa shape index (κ1) is 22.9. The highest BCUT2D eigenvalue weighted by atomic mass is 35.5. The summed E-state index contributed by atoms with van der Waals surface area (Å²) in [4.78, 5) is 35.1. The number of rotatable bonds is 7. The van der Waals surface area contributed by atoms with Crippen LogP contribution in [0.25, 0.3) is 0 Å². The van der Waals surface area contributed by atoms with E-state index in [1.807, 2.05) is 0 Å². The first-order valence-electron chi connectivity index (χ1n) is 7.63. The van der Waals surface area contributed by atoms with E-state index in [4.69, 9.17) is 16.3 Å². The number of aliphatic carboxylic acids is 1. The minimum absolute atomic E-state index is 0.0106. The summed E-state index contributed by atoms with van der Waals surface area (Å²) in [5, 5.41) is 22.7. The van der Waals surface area contributed by atoms with Crippen molar-refractivity contribution in [2.45, 2.75) is 37.3 Å². The smallest absolute Gasteiger partial charge is 0.408 e. The van der Waals surface area contributed by atoms with Crippen molar-refractivity contribution in [3.63, 3.8) is 0 Å². The van der Waals surface area contributed by atoms with Crippen LogP contribution >= 0.6 is 23.4 Å². The van der Waals surface area contributed by atoms with Crippen molar-refractivity contribution in [2.24, 2.45) is 0 Å². The summed E-state index contributed by atoms with van der Waals surface area (Å²) in [6, 6.07) is 1.27. The fourth-order valence-corrected chi connectivity index (χ4v) is 3.15. The fourth-order valence-electron chi connectivity index (χ4n) is 1.82. The number of carbonyl (C=O) groups is 3. The molecule has 0 heterocycles. The molecular weight excluding hydrogens is 400 g/mol. The Morgan fingerprint density at radius 1 is 1.33 bits per heavy atom. The van der Waals surface area contributed by atoms with Crippen molar-refractivity contribution in [2.75, 3.05) is 18.3 Å². The third-order valence-corrected chi connectivity index (χ3v) is 4.44. The number of alkyl carbamates (subject to hydrolysis) is 1. The van der Waals surface area contributed by atoms with Crippen LogP contribution in [0.1, 0.15) is 31.1 Å². The summed E-state index contributed by atoms with van der Waals surface area (Å²) < 4.78 is 9.60. The van der Waals surface area contributed by atoms with Gasteiger partial charge in [0.2, 0.25) is 0 Å². The van der Waals surface area contributed by atoms with Gasteiger partial charge in [-0.05, 0) is 32.9 Å². The van der Waals surface area contributed by atoms with Crippen LogP contribution in [0.3, 0.4) is 0 Å². The number of benzene rings is 1. The Balaban J connectivity index is 2.92. The van der Waals surface area contributed by atoms with E-state index >= 15 is 0 Å². The SMILES string of the molecule is COC(=O)c1cc(N[O-])c(SC[C@H](NC(=O)OC(C)(C)C)C(=O)O)cc1Cl. The lowest BCUT2D eigenvalue weighted by Gasteiger charge is -2.22. The second kappa shape index (κ2) is 9.67. The number of halogens is 1. The molecule has 0 aliphatic heterocycles. The Hall–Kier alpha value is -2.17. The van der Waals surface area contributed by atoms with Crippen LogP contribution < -0.4 is 10.8 Å². The van der Waals surface area contributed by atoms with Crippen LogP contribution in [0.4, 0.5) is 10.5 Å². The van der Waals surface area contributed by atoms with E-state index in [9.17, 15) is 24.7 Å². The number of nitrogens with one attached hydrogen (secondary N) is 2. The van der Waals surface area contributed by atoms with Gasteiger partial charge < -0.3 is 30.6 Å². The molecule has 0 fully saturated rings. The first-order chi connectivity index (χ1) is 12.5. The molecule has 11 heteroatoms. The monoisotopic (exact) mass is 419 g/mol. The van der Waals surface area contributed by atoms with Gasteiger partial charge in [0.05, 0.1) is 17.7 Å². The summed E-state index contributed by atoms with van der Waals surface area (Å²) >= 11 is 6.98. The van der Waals surface area contributed by atoms with Gasteiger partial charge in [0, 0.05) is 16.3 Å². The zero-order valence-electron chi connectivity index (χ0n) is 15.1. The summed E-state index contributed by atoms with van der Waals surface area (Å²) in [6.45, 7) is 4.94. The van der Waals surface area contributed by atoms with Gasteiger partial charge in [-0.1, -0.05) is 11.6 Å². The molecule has 1 amide bonds. The number of ether oxygens (including phenoxy) is 2. The summed E-state index contributed by atoms with van der Waals surface area (Å²) in [6.07, 6.45) is -0.878. The molecular formula is C16H20ClN2O7S-. The molecule has 0 unspecified atom stereocenters. The zero-order chi connectivity index (χ0) is 20.8. The van der Waals surface area contributed by atoms with Crippen LogP contribution in [-0.4, -0.2) is 47.6 Å². The maximum absolute atomic E-state index is 11.8. The largest absolute Gasteiger partial charge is 0.761 e. The Labute approximate surface area is 165 Å². The average Bonchev–Trinajstić information content (AvgIpc) is 2.56. The van der Waals surface area contributed by atoms with Crippen molar-refractivity contribution in [1.29, 1.82) is 0 Å². The number of amides is 1. The lowest BCUT2D eigenvalue weighted by molar-refractivity contribution is -0.138. The number of hydrogen-bond acceptors (Lipinski definition) is 8. The van der Waals surface area contributed by atoms with Crippen molar-refractivity contribution in [1.82, 2.24) is 5.32 Å². The Bertz CT molecular complexity index is 721. The zero-order valence-corrected chi connectivity index (χ0v) is 16.7. The minimum Gasteiger partial charge on any atom is -0.761 e. The highest BCUT2D eigenvalue weighted by molar-refractivity contribution is 7.99. The van der Waals surface area contributed by atoms with E-state index in [0.717, 1.165) is 11.8 Å². The van der Waals surface area contributed by atoms with Gasteiger partial charge in [0.1, 0.15) is 11.6 Å². The second-order valence-electron chi connectivity index (χ2n) is 6.27. The van der Waals surface area contributed by atoms with Gasteiger partial charge in [-0.3, -0.25) is 0 Å². The van der Waals surface area contributed by atoms with Gasteiger partial charge in [0.15, 0.2) is 0 Å². The van der Waals surface area contributed by atoms with Crippen molar-refractivity contribution < 1.29 is 29.0 Å². The Kier molecular flexibility index (Phi) is 8.20. The van der Waals surface area contributed by atoms with Gasteiger partial charge in [0.25, 0.3) is 0 Å². The molecule has 9 nitrogen and oxygen atoms in total. The Morgan fingerprint density at radius 2 is 1.96 bits per heavy atom. The molecule has 0 aromatic heterocycles. The quantitative estimate of drug-likeness (QED) is 0.345. The van der Waals surface area contributed by atoms with E-state index in [1.165, 1.54) is 19.2 Å². The fraction of sp³-hybridized carbons (Fsp3) is 0.438. The number of methoxy groups -OCH3 is 1. The predicted octanol–water partition coefficient (Wildman–Crippen LogP) is 3.11. The normalized spacial score (nSPS) is 12.1. The topological polar surface area (TPSA) is 137 Å². The molecule has 0 aliphatic carbocycles. The van der Waals surface area contributed by atoms with Gasteiger partial charge in [-0.25, -0.2) is 14.4 Å². The lowest BCUT2D eigenvalue weighted by atomic mass is 10.2. The summed E-state index contributed by atoms with van der Waals surface area (Å²) in [5.74, 6) is -2.11. The van der Waals surface area contributed by atoms with Crippen molar-refractivity contribution in [3.05, 3.63) is 27.9 Å². The molecule has 1 atom stereocenters.